The van der Waals surface area contributed by atoms with Crippen LogP contribution < -0.4 is 25.2 Å². The van der Waals surface area contributed by atoms with Gasteiger partial charge in [-0.05, 0) is 87.5 Å². The lowest BCUT2D eigenvalue weighted by molar-refractivity contribution is -0.144. The first kappa shape index (κ1) is 54.2. The highest BCUT2D eigenvalue weighted by Crippen LogP contribution is 2.42. The average molecular weight is 1030 g/mol. The number of aromatic nitrogens is 2. The van der Waals surface area contributed by atoms with E-state index in [1.54, 1.807) is 50.6 Å². The monoisotopic (exact) mass is 1020 g/mol. The van der Waals surface area contributed by atoms with Gasteiger partial charge in [0.2, 0.25) is 23.6 Å². The van der Waals surface area contributed by atoms with Crippen LogP contribution >= 0.6 is 23.6 Å². The zero-order valence-corrected chi connectivity index (χ0v) is 41.9. The summed E-state index contributed by atoms with van der Waals surface area (Å²) in [5.41, 5.74) is -0.155. The zero-order chi connectivity index (χ0) is 52.0. The number of likely N-dealkylation sites (tertiary alicyclic amines) is 1. The van der Waals surface area contributed by atoms with E-state index in [0.717, 1.165) is 33.8 Å². The van der Waals surface area contributed by atoms with Crippen LogP contribution in [-0.4, -0.2) is 112 Å². The Hall–Kier alpha value is -6.12. The van der Waals surface area contributed by atoms with Crippen LogP contribution in [0, 0.1) is 36.4 Å². The van der Waals surface area contributed by atoms with E-state index in [9.17, 15) is 42.7 Å². The largest absolute Gasteiger partial charge is 0.477 e. The molecule has 16 nitrogen and oxygen atoms in total. The molecule has 3 N–H and O–H groups in total. The van der Waals surface area contributed by atoms with Crippen molar-refractivity contribution >= 4 is 63.7 Å². The Morgan fingerprint density at radius 3 is 2.35 bits per heavy atom. The Morgan fingerprint density at radius 1 is 1.03 bits per heavy atom. The average Bonchev–Trinajstić information content (AvgIpc) is 3.97. The SMILES string of the molecule is Cc1cc(N2C(=S)N(c3ccc(C#N)c(C(F)(F)F)c3F)C(=O)C2(C)C)cnc1OCCCCOCCOCC(=O)N[C@H](C(=O)N1C[C@H](O)C[C@H]1C(=O)NCc1ccc(-c2scnc2C)cc1)C(C)(C)C. The van der Waals surface area contributed by atoms with Crippen molar-refractivity contribution in [1.82, 2.24) is 25.5 Å². The lowest BCUT2D eigenvalue weighted by Crippen LogP contribution is -2.58. The number of nitrogens with one attached hydrogen (secondary N) is 2. The maximum atomic E-state index is 15.4. The summed E-state index contributed by atoms with van der Waals surface area (Å²) in [6, 6.07) is 10.5. The van der Waals surface area contributed by atoms with Crippen molar-refractivity contribution in [3.05, 3.63) is 87.9 Å². The number of pyridine rings is 1. The van der Waals surface area contributed by atoms with Crippen LogP contribution in [0.25, 0.3) is 10.4 Å². The molecule has 3 atom stereocenters. The number of β-amino-alcohol motifs (C(OH)–C–C–N with tert-alkyl or cyclic N) is 1. The number of ether oxygens (including phenoxy) is 3. The third-order valence-electron chi connectivity index (χ3n) is 11.9. The normalized spacial score (nSPS) is 17.4. The number of thiocarbonyl (C=S) groups is 1. The molecule has 71 heavy (non-hydrogen) atoms. The van der Waals surface area contributed by atoms with Crippen molar-refractivity contribution in [2.75, 3.05) is 49.4 Å². The number of nitriles is 1. The van der Waals surface area contributed by atoms with E-state index in [1.165, 1.54) is 35.9 Å². The van der Waals surface area contributed by atoms with Crippen molar-refractivity contribution in [3.63, 3.8) is 0 Å². The molecule has 380 valence electrons. The standard InChI is InChI=1S/C49H56F4N8O8S2/c1-28-20-33(61-46(70)60(45(66)48(61,6)7)35-15-14-32(22-54)38(39(35)50)49(51,52)53)24-56-43(28)69-17-9-8-16-67-18-19-68-26-37(63)58-41(47(3,4)5)44(65)59-25-34(62)21-36(59)42(64)55-23-30-10-12-31(13-11-30)40-29(2)57-27-71-40/h10-15,20,24,27,34,36,41,62H,8-9,16-19,21,23,25-26H2,1-7H3,(H,55,64)(H,58,63)/t34-,36+,41-/m1/s1. The Bertz CT molecular complexity index is 2670. The Balaban J connectivity index is 0.904. The molecule has 2 saturated heterocycles. The third-order valence-corrected chi connectivity index (χ3v) is 13.3. The summed E-state index contributed by atoms with van der Waals surface area (Å²) in [5.74, 6) is -3.72. The van der Waals surface area contributed by atoms with E-state index < -0.39 is 81.6 Å². The highest BCUT2D eigenvalue weighted by molar-refractivity contribution is 7.81. The molecule has 2 aliphatic rings. The minimum Gasteiger partial charge on any atom is -0.477 e. The second-order valence-electron chi connectivity index (χ2n) is 18.7. The molecule has 2 aromatic heterocycles. The molecule has 4 amide bonds. The van der Waals surface area contributed by atoms with Crippen molar-refractivity contribution in [2.45, 2.75) is 104 Å². The van der Waals surface area contributed by atoms with Gasteiger partial charge in [-0.3, -0.25) is 24.1 Å². The predicted molar refractivity (Wildman–Crippen MR) is 260 cm³/mol. The summed E-state index contributed by atoms with van der Waals surface area (Å²) in [6.45, 7) is 12.8. The number of unbranched alkanes of at least 4 members (excludes halogenated alkanes) is 1. The number of amides is 4. The highest BCUT2D eigenvalue weighted by Gasteiger charge is 2.52. The van der Waals surface area contributed by atoms with Crippen molar-refractivity contribution in [2.24, 2.45) is 5.41 Å². The minimum absolute atomic E-state index is 0.0553. The molecule has 0 unspecified atom stereocenters. The number of rotatable bonds is 19. The molecule has 2 fully saturated rings. The summed E-state index contributed by atoms with van der Waals surface area (Å²) in [7, 11) is 0. The first-order chi connectivity index (χ1) is 33.4. The molecule has 22 heteroatoms. The number of hydrogen-bond donors (Lipinski definition) is 3. The van der Waals surface area contributed by atoms with E-state index in [4.69, 9.17) is 26.4 Å². The van der Waals surface area contributed by atoms with Crippen LogP contribution in [0.15, 0.2) is 54.2 Å². The molecule has 0 saturated carbocycles. The third kappa shape index (κ3) is 12.5. The lowest BCUT2D eigenvalue weighted by atomic mass is 9.85. The fourth-order valence-electron chi connectivity index (χ4n) is 8.21. The predicted octanol–water partition coefficient (Wildman–Crippen LogP) is 6.77. The van der Waals surface area contributed by atoms with Crippen LogP contribution in [0.1, 0.15) is 81.8 Å². The molecule has 0 radical (unpaired) electrons. The van der Waals surface area contributed by atoms with E-state index in [0.29, 0.717) is 35.6 Å². The van der Waals surface area contributed by atoms with E-state index in [-0.39, 0.29) is 56.9 Å². The van der Waals surface area contributed by atoms with Gasteiger partial charge < -0.3 is 39.8 Å². The number of benzene rings is 2. The number of anilines is 2. The van der Waals surface area contributed by atoms with E-state index >= 15 is 4.39 Å². The molecular weight excluding hydrogens is 969 g/mol. The van der Waals surface area contributed by atoms with Crippen LogP contribution in [0.5, 0.6) is 5.88 Å². The van der Waals surface area contributed by atoms with Gasteiger partial charge in [0.1, 0.15) is 29.8 Å². The minimum atomic E-state index is -5.20. The maximum absolute atomic E-state index is 15.4. The van der Waals surface area contributed by atoms with E-state index in [2.05, 4.69) is 20.6 Å². The number of aliphatic hydroxyl groups excluding tert-OH is 1. The van der Waals surface area contributed by atoms with Crippen LogP contribution in [-0.2, 0) is 41.4 Å². The number of carbonyl (C=O) groups is 4. The highest BCUT2D eigenvalue weighted by atomic mass is 32.1. The number of aliphatic hydroxyl groups is 1. The van der Waals surface area contributed by atoms with Crippen LogP contribution in [0.2, 0.25) is 0 Å². The second kappa shape index (κ2) is 22.5. The molecule has 6 rings (SSSR count). The number of carbonyl (C=O) groups excluding carboxylic acids is 4. The van der Waals surface area contributed by atoms with Gasteiger partial charge >= 0.3 is 6.18 Å². The topological polar surface area (TPSA) is 200 Å². The Kier molecular flexibility index (Phi) is 17.2. The molecule has 0 aliphatic carbocycles. The van der Waals surface area contributed by atoms with Gasteiger partial charge in [-0.1, -0.05) is 45.0 Å². The first-order valence-electron chi connectivity index (χ1n) is 22.7. The van der Waals surface area contributed by atoms with E-state index in [1.807, 2.05) is 31.2 Å². The second-order valence-corrected chi connectivity index (χ2v) is 19.9. The quantitative estimate of drug-likeness (QED) is 0.0506. The number of halogens is 4. The van der Waals surface area contributed by atoms with Crippen molar-refractivity contribution in [1.29, 1.82) is 5.26 Å². The molecule has 4 aromatic rings. The molecule has 0 bridgehead atoms. The number of thiazole rings is 1. The fourth-order valence-corrected chi connectivity index (χ4v) is 9.54. The smallest absolute Gasteiger partial charge is 0.420 e. The zero-order valence-electron chi connectivity index (χ0n) is 40.3. The summed E-state index contributed by atoms with van der Waals surface area (Å²) >= 11 is 7.08. The molecule has 2 aliphatic heterocycles. The van der Waals surface area contributed by atoms with Gasteiger partial charge in [-0.25, -0.2) is 14.4 Å². The van der Waals surface area contributed by atoms with Gasteiger partial charge in [-0.15, -0.1) is 11.3 Å². The molecule has 2 aromatic carbocycles. The van der Waals surface area contributed by atoms with Gasteiger partial charge in [-0.2, -0.15) is 18.4 Å². The Labute approximate surface area is 418 Å². The molecule has 0 spiro atoms. The summed E-state index contributed by atoms with van der Waals surface area (Å²) < 4.78 is 73.7. The molecule has 4 heterocycles. The number of hydrogen-bond acceptors (Lipinski definition) is 13. The van der Waals surface area contributed by atoms with Gasteiger partial charge in [0.15, 0.2) is 10.9 Å². The maximum Gasteiger partial charge on any atom is 0.420 e. The molecular formula is C49H56F4N8O8S2. The lowest BCUT2D eigenvalue weighted by Gasteiger charge is -2.35. The number of nitrogens with zero attached hydrogens (tertiary/aromatic N) is 6. The van der Waals surface area contributed by atoms with Gasteiger partial charge in [0.05, 0.1) is 71.2 Å². The van der Waals surface area contributed by atoms with Crippen molar-refractivity contribution in [3.8, 4) is 22.4 Å². The van der Waals surface area contributed by atoms with Crippen LogP contribution in [0.3, 0.4) is 0 Å². The summed E-state index contributed by atoms with van der Waals surface area (Å²) in [6.07, 6.45) is -3.48. The summed E-state index contributed by atoms with van der Waals surface area (Å²) in [4.78, 5) is 67.1. The number of alkyl halides is 3. The van der Waals surface area contributed by atoms with Crippen LogP contribution in [0.4, 0.5) is 28.9 Å². The van der Waals surface area contributed by atoms with Gasteiger partial charge in [0, 0.05) is 31.7 Å². The Morgan fingerprint density at radius 2 is 1.72 bits per heavy atom. The number of aryl methyl sites for hydroxylation is 2. The first-order valence-corrected chi connectivity index (χ1v) is 24.0. The summed E-state index contributed by atoms with van der Waals surface area (Å²) in [5, 5.41) is 25.1. The van der Waals surface area contributed by atoms with Crippen molar-refractivity contribution < 1.29 is 56.1 Å². The fraction of sp³-hybridized carbons (Fsp3) is 0.469. The van der Waals surface area contributed by atoms with Gasteiger partial charge in [0.25, 0.3) is 5.91 Å².